The fraction of sp³-hybridized carbons (Fsp3) is 0.444. The molecule has 0 bridgehead atoms. The zero-order valence-electron chi connectivity index (χ0n) is 15.1. The fourth-order valence-electron chi connectivity index (χ4n) is 3.24. The van der Waals surface area contributed by atoms with Gasteiger partial charge >= 0.3 is 0 Å². The van der Waals surface area contributed by atoms with E-state index in [0.717, 1.165) is 42.5 Å². The Morgan fingerprint density at radius 3 is 2.72 bits per heavy atom. The number of nitrogens with zero attached hydrogens (tertiary/aromatic N) is 7. The van der Waals surface area contributed by atoms with Gasteiger partial charge in [-0.05, 0) is 33.9 Å². The molecule has 1 aliphatic heterocycles. The molecule has 7 nitrogen and oxygen atoms in total. The van der Waals surface area contributed by atoms with Crippen LogP contribution in [0.25, 0.3) is 17.2 Å². The normalized spacial score (nSPS) is 18.0. The first-order valence-corrected chi connectivity index (χ1v) is 8.53. The summed E-state index contributed by atoms with van der Waals surface area (Å²) in [4.78, 5) is 22.7. The quantitative estimate of drug-likeness (QED) is 0.713. The second-order valence-electron chi connectivity index (χ2n) is 7.29. The van der Waals surface area contributed by atoms with E-state index in [1.807, 2.05) is 36.0 Å². The second-order valence-corrected chi connectivity index (χ2v) is 7.29. The zero-order chi connectivity index (χ0) is 17.6. The molecule has 0 radical (unpaired) electrons. The van der Waals surface area contributed by atoms with Crippen LogP contribution in [0.4, 0.5) is 5.82 Å². The molecule has 1 fully saturated rings. The number of aromatic nitrogens is 5. The summed E-state index contributed by atoms with van der Waals surface area (Å²) >= 11 is 0. The van der Waals surface area contributed by atoms with Crippen molar-refractivity contribution in [1.82, 2.24) is 29.2 Å². The Kier molecular flexibility index (Phi) is 3.68. The maximum absolute atomic E-state index is 4.82. The minimum atomic E-state index is 0.120. The van der Waals surface area contributed by atoms with Crippen molar-refractivity contribution in [3.63, 3.8) is 0 Å². The van der Waals surface area contributed by atoms with E-state index in [9.17, 15) is 0 Å². The number of likely N-dealkylation sites (N-methyl/N-ethyl adjacent to an activating group) is 1. The third-order valence-corrected chi connectivity index (χ3v) is 5.04. The minimum absolute atomic E-state index is 0.120. The largest absolute Gasteiger partial charge is 0.353 e. The highest BCUT2D eigenvalue weighted by atomic mass is 15.3. The first kappa shape index (κ1) is 16.0. The Morgan fingerprint density at radius 1 is 1.08 bits per heavy atom. The number of fused-ring (bicyclic) bond motifs is 1. The number of piperazine rings is 1. The van der Waals surface area contributed by atoms with E-state index in [1.54, 1.807) is 6.20 Å². The predicted octanol–water partition coefficient (Wildman–Crippen LogP) is 2.03. The molecular weight excluding hydrogens is 314 g/mol. The third kappa shape index (κ3) is 2.84. The summed E-state index contributed by atoms with van der Waals surface area (Å²) in [5.74, 6) is 1.65. The van der Waals surface area contributed by atoms with Crippen LogP contribution in [-0.2, 0) is 0 Å². The van der Waals surface area contributed by atoms with Gasteiger partial charge in [0.2, 0.25) is 0 Å². The van der Waals surface area contributed by atoms with Gasteiger partial charge in [0.05, 0.1) is 18.1 Å². The van der Waals surface area contributed by atoms with Gasteiger partial charge in [-0.25, -0.2) is 15.0 Å². The first-order valence-electron chi connectivity index (χ1n) is 8.53. The van der Waals surface area contributed by atoms with E-state index in [1.165, 1.54) is 0 Å². The number of aryl methyl sites for hydroxylation is 1. The van der Waals surface area contributed by atoms with Gasteiger partial charge in [0, 0.05) is 37.6 Å². The SMILES string of the molecule is Cc1cn2c(-c3nccc(N4CCN(C)C(C)(C)C4)n3)cnc2cn1. The van der Waals surface area contributed by atoms with Gasteiger partial charge < -0.3 is 4.90 Å². The van der Waals surface area contributed by atoms with Crippen LogP contribution < -0.4 is 4.90 Å². The van der Waals surface area contributed by atoms with E-state index >= 15 is 0 Å². The molecule has 4 rings (SSSR count). The van der Waals surface area contributed by atoms with Crippen LogP contribution in [0.2, 0.25) is 0 Å². The predicted molar refractivity (Wildman–Crippen MR) is 97.7 cm³/mol. The van der Waals surface area contributed by atoms with Crippen LogP contribution in [0.5, 0.6) is 0 Å². The molecule has 4 heterocycles. The standard InChI is InChI=1S/C18H23N7/c1-13-11-25-14(9-21-16(25)10-20-13)17-19-6-5-15(22-17)24-8-7-23(4)18(2,3)12-24/h5-6,9-11H,7-8,12H2,1-4H3. The molecule has 0 spiro atoms. The maximum atomic E-state index is 4.82. The summed E-state index contributed by atoms with van der Waals surface area (Å²) in [7, 11) is 2.18. The van der Waals surface area contributed by atoms with Crippen molar-refractivity contribution in [2.45, 2.75) is 26.3 Å². The molecular formula is C18H23N7. The molecule has 0 N–H and O–H groups in total. The summed E-state index contributed by atoms with van der Waals surface area (Å²) in [6.45, 7) is 9.42. The molecule has 0 atom stereocenters. The molecule has 0 amide bonds. The number of rotatable bonds is 2. The maximum Gasteiger partial charge on any atom is 0.180 e. The van der Waals surface area contributed by atoms with Gasteiger partial charge in [-0.3, -0.25) is 14.3 Å². The van der Waals surface area contributed by atoms with Gasteiger partial charge in [-0.15, -0.1) is 0 Å². The van der Waals surface area contributed by atoms with Crippen LogP contribution in [0, 0.1) is 6.92 Å². The van der Waals surface area contributed by atoms with E-state index in [0.29, 0.717) is 5.82 Å². The molecule has 1 saturated heterocycles. The number of hydrogen-bond acceptors (Lipinski definition) is 6. The van der Waals surface area contributed by atoms with E-state index in [2.05, 4.69) is 45.6 Å². The van der Waals surface area contributed by atoms with Crippen molar-refractivity contribution in [3.8, 4) is 11.5 Å². The summed E-state index contributed by atoms with van der Waals surface area (Å²) in [6, 6.07) is 1.99. The molecule has 0 saturated carbocycles. The lowest BCUT2D eigenvalue weighted by molar-refractivity contribution is 0.138. The highest BCUT2D eigenvalue weighted by Crippen LogP contribution is 2.25. The van der Waals surface area contributed by atoms with Crippen molar-refractivity contribution in [2.24, 2.45) is 0 Å². The van der Waals surface area contributed by atoms with E-state index in [4.69, 9.17) is 4.98 Å². The van der Waals surface area contributed by atoms with Gasteiger partial charge in [0.1, 0.15) is 11.5 Å². The Balaban J connectivity index is 1.71. The topological polar surface area (TPSA) is 62.5 Å². The molecule has 25 heavy (non-hydrogen) atoms. The number of anilines is 1. The first-order chi connectivity index (χ1) is 11.9. The Morgan fingerprint density at radius 2 is 1.92 bits per heavy atom. The monoisotopic (exact) mass is 337 g/mol. The van der Waals surface area contributed by atoms with Crippen molar-refractivity contribution in [3.05, 3.63) is 36.5 Å². The van der Waals surface area contributed by atoms with Crippen LogP contribution >= 0.6 is 0 Å². The van der Waals surface area contributed by atoms with Crippen molar-refractivity contribution < 1.29 is 0 Å². The molecule has 1 aliphatic rings. The second kappa shape index (κ2) is 5.77. The lowest BCUT2D eigenvalue weighted by Crippen LogP contribution is -2.57. The van der Waals surface area contributed by atoms with Gasteiger partial charge in [0.25, 0.3) is 0 Å². The molecule has 3 aromatic rings. The molecule has 130 valence electrons. The van der Waals surface area contributed by atoms with E-state index < -0.39 is 0 Å². The molecule has 0 aliphatic carbocycles. The molecule has 7 heteroatoms. The third-order valence-electron chi connectivity index (χ3n) is 5.04. The molecule has 3 aromatic heterocycles. The zero-order valence-corrected chi connectivity index (χ0v) is 15.1. The fourth-order valence-corrected chi connectivity index (χ4v) is 3.24. The lowest BCUT2D eigenvalue weighted by Gasteiger charge is -2.45. The van der Waals surface area contributed by atoms with Gasteiger partial charge in [-0.2, -0.15) is 0 Å². The Hall–Kier alpha value is -2.54. The van der Waals surface area contributed by atoms with Crippen molar-refractivity contribution >= 4 is 11.5 Å². The molecule has 0 aromatic carbocycles. The summed E-state index contributed by atoms with van der Waals surface area (Å²) in [5.41, 5.74) is 2.74. The van der Waals surface area contributed by atoms with Crippen molar-refractivity contribution in [1.29, 1.82) is 0 Å². The summed E-state index contributed by atoms with van der Waals surface area (Å²) in [5, 5.41) is 0. The molecule has 0 unspecified atom stereocenters. The van der Waals surface area contributed by atoms with Gasteiger partial charge in [-0.1, -0.05) is 0 Å². The lowest BCUT2D eigenvalue weighted by atomic mass is 10.00. The Labute approximate surface area is 147 Å². The number of imidazole rings is 1. The number of hydrogen-bond donors (Lipinski definition) is 0. The average molecular weight is 337 g/mol. The highest BCUT2D eigenvalue weighted by molar-refractivity contribution is 5.58. The highest BCUT2D eigenvalue weighted by Gasteiger charge is 2.31. The average Bonchev–Trinajstić information content (AvgIpc) is 3.00. The summed E-state index contributed by atoms with van der Waals surface area (Å²) in [6.07, 6.45) is 7.37. The minimum Gasteiger partial charge on any atom is -0.353 e. The van der Waals surface area contributed by atoms with Crippen LogP contribution in [0.15, 0.2) is 30.9 Å². The summed E-state index contributed by atoms with van der Waals surface area (Å²) < 4.78 is 2.00. The van der Waals surface area contributed by atoms with Crippen LogP contribution in [0.1, 0.15) is 19.5 Å². The van der Waals surface area contributed by atoms with Gasteiger partial charge in [0.15, 0.2) is 11.5 Å². The Bertz CT molecular complexity index is 915. The smallest absolute Gasteiger partial charge is 0.180 e. The van der Waals surface area contributed by atoms with Crippen molar-refractivity contribution in [2.75, 3.05) is 31.6 Å². The van der Waals surface area contributed by atoms with Crippen LogP contribution in [0.3, 0.4) is 0 Å². The van der Waals surface area contributed by atoms with E-state index in [-0.39, 0.29) is 5.54 Å². The van der Waals surface area contributed by atoms with Crippen LogP contribution in [-0.4, -0.2) is 61.5 Å².